The van der Waals surface area contributed by atoms with Gasteiger partial charge in [-0.05, 0) is 23.8 Å². The molecule has 0 aliphatic heterocycles. The van der Waals surface area contributed by atoms with Gasteiger partial charge in [0.15, 0.2) is 0 Å². The molecule has 0 bridgehead atoms. The second-order valence-corrected chi connectivity index (χ2v) is 3.92. The number of nitro benzene ring substituents is 1. The maximum atomic E-state index is 11.6. The number of benzene rings is 2. The summed E-state index contributed by atoms with van der Waals surface area (Å²) in [6.07, 6.45) is 2.93. The molecule has 0 aliphatic carbocycles. The number of carbonyl (C=O) groups excluding carboxylic acids is 1. The fourth-order valence-corrected chi connectivity index (χ4v) is 1.51. The summed E-state index contributed by atoms with van der Waals surface area (Å²) in [5.74, 6) is -0.277. The van der Waals surface area contributed by atoms with Crippen molar-refractivity contribution in [2.75, 3.05) is 0 Å². The molecule has 0 atom stereocenters. The van der Waals surface area contributed by atoms with E-state index < -0.39 is 10.9 Å². The Morgan fingerprint density at radius 3 is 2.30 bits per heavy atom. The summed E-state index contributed by atoms with van der Waals surface area (Å²) >= 11 is 0. The van der Waals surface area contributed by atoms with Gasteiger partial charge in [-0.3, -0.25) is 10.1 Å². The van der Waals surface area contributed by atoms with Gasteiger partial charge in [-0.15, -0.1) is 0 Å². The summed E-state index contributed by atoms with van der Waals surface area (Å²) in [7, 11) is 0. The molecule has 5 heteroatoms. The molecule has 0 unspecified atom stereocenters. The summed E-state index contributed by atoms with van der Waals surface area (Å²) in [6.45, 7) is 0. The predicted octanol–water partition coefficient (Wildman–Crippen LogP) is 3.21. The van der Waals surface area contributed by atoms with E-state index in [0.29, 0.717) is 0 Å². The first-order chi connectivity index (χ1) is 9.65. The minimum atomic E-state index is -0.539. The standard InChI is InChI=1S/C15H11NO4/c17-15(11-6-12-4-2-1-3-5-12)20-14-9-7-13(8-10-14)16(18)19/h1-11H. The third-order valence-corrected chi connectivity index (χ3v) is 2.48. The van der Waals surface area contributed by atoms with Gasteiger partial charge in [0.25, 0.3) is 5.69 Å². The molecule has 0 amide bonds. The van der Waals surface area contributed by atoms with Crippen LogP contribution in [0.15, 0.2) is 60.7 Å². The van der Waals surface area contributed by atoms with E-state index in [1.165, 1.54) is 30.3 Å². The Labute approximate surface area is 115 Å². The first-order valence-corrected chi connectivity index (χ1v) is 5.84. The zero-order valence-electron chi connectivity index (χ0n) is 10.4. The number of nitro groups is 1. The Morgan fingerprint density at radius 1 is 1.05 bits per heavy atom. The number of nitrogens with zero attached hydrogens (tertiary/aromatic N) is 1. The average Bonchev–Trinajstić information content (AvgIpc) is 2.47. The van der Waals surface area contributed by atoms with Gasteiger partial charge in [0.2, 0.25) is 0 Å². The first-order valence-electron chi connectivity index (χ1n) is 5.84. The molecule has 5 nitrogen and oxygen atoms in total. The molecule has 0 saturated heterocycles. The fourth-order valence-electron chi connectivity index (χ4n) is 1.51. The zero-order valence-corrected chi connectivity index (χ0v) is 10.4. The van der Waals surface area contributed by atoms with E-state index in [1.807, 2.05) is 30.3 Å². The van der Waals surface area contributed by atoms with E-state index in [0.717, 1.165) is 5.56 Å². The third kappa shape index (κ3) is 3.78. The van der Waals surface area contributed by atoms with Crippen LogP contribution in [-0.2, 0) is 4.79 Å². The lowest BCUT2D eigenvalue weighted by Gasteiger charge is -2.00. The van der Waals surface area contributed by atoms with E-state index in [2.05, 4.69) is 0 Å². The highest BCUT2D eigenvalue weighted by Crippen LogP contribution is 2.17. The van der Waals surface area contributed by atoms with Gasteiger partial charge in [-0.25, -0.2) is 4.79 Å². The summed E-state index contributed by atoms with van der Waals surface area (Å²) < 4.78 is 5.02. The van der Waals surface area contributed by atoms with Crippen LogP contribution in [0.25, 0.3) is 6.08 Å². The van der Waals surface area contributed by atoms with Crippen LogP contribution >= 0.6 is 0 Å². The van der Waals surface area contributed by atoms with Crippen molar-refractivity contribution < 1.29 is 14.5 Å². The lowest BCUT2D eigenvalue weighted by atomic mass is 10.2. The Bertz CT molecular complexity index is 633. The molecule has 0 fully saturated rings. The Balaban J connectivity index is 1.98. The second-order valence-electron chi connectivity index (χ2n) is 3.92. The van der Waals surface area contributed by atoms with Gasteiger partial charge in [0.1, 0.15) is 5.75 Å². The zero-order chi connectivity index (χ0) is 14.4. The quantitative estimate of drug-likeness (QED) is 0.281. The Kier molecular flexibility index (Phi) is 4.24. The molecule has 0 aliphatic rings. The molecule has 2 rings (SSSR count). The molecule has 0 spiro atoms. The molecule has 0 heterocycles. The van der Waals surface area contributed by atoms with E-state index in [9.17, 15) is 14.9 Å². The van der Waals surface area contributed by atoms with Crippen molar-refractivity contribution in [1.82, 2.24) is 0 Å². The van der Waals surface area contributed by atoms with Crippen molar-refractivity contribution in [2.24, 2.45) is 0 Å². The van der Waals surface area contributed by atoms with Crippen molar-refractivity contribution in [3.05, 3.63) is 76.4 Å². The number of hydrogen-bond donors (Lipinski definition) is 0. The number of carbonyl (C=O) groups is 1. The van der Waals surface area contributed by atoms with Crippen molar-refractivity contribution in [3.8, 4) is 5.75 Å². The number of hydrogen-bond acceptors (Lipinski definition) is 4. The van der Waals surface area contributed by atoms with E-state index in [4.69, 9.17) is 4.74 Å². The summed E-state index contributed by atoms with van der Waals surface area (Å²) in [5, 5.41) is 10.5. The summed E-state index contributed by atoms with van der Waals surface area (Å²) in [6, 6.07) is 14.6. The van der Waals surface area contributed by atoms with Crippen LogP contribution in [0.5, 0.6) is 5.75 Å². The maximum Gasteiger partial charge on any atom is 0.336 e. The molecule has 2 aromatic rings. The van der Waals surface area contributed by atoms with Gasteiger partial charge in [0, 0.05) is 18.2 Å². The van der Waals surface area contributed by atoms with Crippen LogP contribution in [0.4, 0.5) is 5.69 Å². The van der Waals surface area contributed by atoms with Crippen LogP contribution in [0.3, 0.4) is 0 Å². The highest BCUT2D eigenvalue weighted by Gasteiger charge is 2.06. The van der Waals surface area contributed by atoms with Crippen molar-refractivity contribution in [1.29, 1.82) is 0 Å². The number of ether oxygens (including phenoxy) is 1. The molecule has 0 radical (unpaired) electrons. The summed E-state index contributed by atoms with van der Waals surface area (Å²) in [4.78, 5) is 21.5. The molecule has 2 aromatic carbocycles. The topological polar surface area (TPSA) is 69.4 Å². The van der Waals surface area contributed by atoms with E-state index in [-0.39, 0.29) is 11.4 Å². The van der Waals surface area contributed by atoms with E-state index in [1.54, 1.807) is 6.08 Å². The molecule has 0 N–H and O–H groups in total. The van der Waals surface area contributed by atoms with Crippen LogP contribution in [-0.4, -0.2) is 10.9 Å². The molecule has 0 aromatic heterocycles. The molecular weight excluding hydrogens is 258 g/mol. The number of non-ortho nitro benzene ring substituents is 1. The fraction of sp³-hybridized carbons (Fsp3) is 0. The third-order valence-electron chi connectivity index (χ3n) is 2.48. The molecular formula is C15H11NO4. The monoisotopic (exact) mass is 269 g/mol. The molecule has 0 saturated carbocycles. The van der Waals surface area contributed by atoms with Crippen LogP contribution in [0.1, 0.15) is 5.56 Å². The maximum absolute atomic E-state index is 11.6. The van der Waals surface area contributed by atoms with Crippen LogP contribution in [0.2, 0.25) is 0 Å². The lowest BCUT2D eigenvalue weighted by molar-refractivity contribution is -0.384. The van der Waals surface area contributed by atoms with Crippen LogP contribution in [0, 0.1) is 10.1 Å². The Morgan fingerprint density at radius 2 is 1.70 bits per heavy atom. The average molecular weight is 269 g/mol. The normalized spacial score (nSPS) is 10.4. The minimum absolute atomic E-state index is 0.0513. The van der Waals surface area contributed by atoms with Gasteiger partial charge < -0.3 is 4.74 Å². The lowest BCUT2D eigenvalue weighted by Crippen LogP contribution is -2.03. The van der Waals surface area contributed by atoms with Gasteiger partial charge >= 0.3 is 5.97 Å². The van der Waals surface area contributed by atoms with Crippen molar-refractivity contribution in [3.63, 3.8) is 0 Å². The minimum Gasteiger partial charge on any atom is -0.423 e. The Hall–Kier alpha value is -2.95. The smallest absolute Gasteiger partial charge is 0.336 e. The molecule has 100 valence electrons. The largest absolute Gasteiger partial charge is 0.423 e. The number of rotatable bonds is 4. The van der Waals surface area contributed by atoms with Gasteiger partial charge in [-0.2, -0.15) is 0 Å². The second kappa shape index (κ2) is 6.29. The van der Waals surface area contributed by atoms with Crippen molar-refractivity contribution in [2.45, 2.75) is 0 Å². The molecule has 20 heavy (non-hydrogen) atoms. The highest BCUT2D eigenvalue weighted by atomic mass is 16.6. The van der Waals surface area contributed by atoms with E-state index >= 15 is 0 Å². The summed E-state index contributed by atoms with van der Waals surface area (Å²) in [5.41, 5.74) is 0.831. The van der Waals surface area contributed by atoms with Gasteiger partial charge in [0.05, 0.1) is 4.92 Å². The van der Waals surface area contributed by atoms with Crippen molar-refractivity contribution >= 4 is 17.7 Å². The van der Waals surface area contributed by atoms with Crippen LogP contribution < -0.4 is 4.74 Å². The van der Waals surface area contributed by atoms with Gasteiger partial charge in [-0.1, -0.05) is 30.3 Å². The number of esters is 1. The first kappa shape index (κ1) is 13.5. The predicted molar refractivity (Wildman–Crippen MR) is 74.2 cm³/mol. The highest BCUT2D eigenvalue weighted by molar-refractivity contribution is 5.88. The SMILES string of the molecule is O=C(C=Cc1ccccc1)Oc1ccc([N+](=O)[O-])cc1.